The Hall–Kier alpha value is -2.74. The molecule has 0 radical (unpaired) electrons. The summed E-state index contributed by atoms with van der Waals surface area (Å²) in [5.74, 6) is 1.63. The third-order valence-electron chi connectivity index (χ3n) is 3.14. The van der Waals surface area contributed by atoms with Gasteiger partial charge in [0.25, 0.3) is 0 Å². The molecule has 0 aliphatic carbocycles. The van der Waals surface area contributed by atoms with Crippen LogP contribution >= 0.6 is 0 Å². The zero-order valence-electron chi connectivity index (χ0n) is 11.7. The number of nitrogens with zero attached hydrogens (tertiary/aromatic N) is 1. The Morgan fingerprint density at radius 3 is 2.86 bits per heavy atom. The van der Waals surface area contributed by atoms with Gasteiger partial charge in [-0.1, -0.05) is 0 Å². The van der Waals surface area contributed by atoms with Gasteiger partial charge in [-0.25, -0.2) is 4.99 Å². The number of nitrogen functional groups attached to an aromatic ring is 1. The SMILES string of the molecule is COc1cc(N)c(C=N)cc1NC1=C(CN)C(N)=NCN1. The Bertz CT molecular complexity index is 621. The van der Waals surface area contributed by atoms with Crippen LogP contribution in [0, 0.1) is 5.41 Å². The van der Waals surface area contributed by atoms with E-state index in [1.165, 1.54) is 6.21 Å². The average molecular weight is 289 g/mol. The van der Waals surface area contributed by atoms with E-state index in [0.29, 0.717) is 46.6 Å². The molecule has 0 atom stereocenters. The molecule has 0 unspecified atom stereocenters. The predicted molar refractivity (Wildman–Crippen MR) is 84.6 cm³/mol. The second-order valence-corrected chi connectivity index (χ2v) is 4.39. The summed E-state index contributed by atoms with van der Waals surface area (Å²) in [6, 6.07) is 3.39. The van der Waals surface area contributed by atoms with Crippen LogP contribution in [0.3, 0.4) is 0 Å². The van der Waals surface area contributed by atoms with Crippen LogP contribution in [-0.2, 0) is 0 Å². The number of hydrogen-bond acceptors (Lipinski definition) is 8. The summed E-state index contributed by atoms with van der Waals surface area (Å²) < 4.78 is 5.30. The van der Waals surface area contributed by atoms with Crippen molar-refractivity contribution in [2.24, 2.45) is 16.5 Å². The van der Waals surface area contributed by atoms with Crippen molar-refractivity contribution in [1.29, 1.82) is 5.41 Å². The van der Waals surface area contributed by atoms with Crippen LogP contribution in [0.2, 0.25) is 0 Å². The number of ether oxygens (including phenoxy) is 1. The molecule has 8 heteroatoms. The van der Waals surface area contributed by atoms with Crippen molar-refractivity contribution in [3.63, 3.8) is 0 Å². The van der Waals surface area contributed by atoms with E-state index in [-0.39, 0.29) is 6.54 Å². The highest BCUT2D eigenvalue weighted by Gasteiger charge is 2.16. The van der Waals surface area contributed by atoms with Crippen LogP contribution in [0.25, 0.3) is 0 Å². The maximum Gasteiger partial charge on any atom is 0.144 e. The molecule has 0 spiro atoms. The highest BCUT2D eigenvalue weighted by Crippen LogP contribution is 2.30. The number of nitrogens with two attached hydrogens (primary N) is 3. The van der Waals surface area contributed by atoms with Crippen LogP contribution in [-0.4, -0.2) is 32.4 Å². The number of aliphatic imine (C=N–C) groups is 1. The van der Waals surface area contributed by atoms with Crippen LogP contribution in [0.5, 0.6) is 5.75 Å². The molecule has 0 saturated heterocycles. The van der Waals surface area contributed by atoms with E-state index in [4.69, 9.17) is 27.3 Å². The normalized spacial score (nSPS) is 14.3. The molecule has 0 amide bonds. The fourth-order valence-electron chi connectivity index (χ4n) is 2.00. The topological polar surface area (TPSA) is 148 Å². The first kappa shape index (κ1) is 14.7. The Balaban J connectivity index is 2.43. The Morgan fingerprint density at radius 2 is 2.24 bits per heavy atom. The van der Waals surface area contributed by atoms with Crippen LogP contribution < -0.4 is 32.6 Å². The highest BCUT2D eigenvalue weighted by atomic mass is 16.5. The second-order valence-electron chi connectivity index (χ2n) is 4.39. The molecule has 112 valence electrons. The molecular weight excluding hydrogens is 270 g/mol. The number of anilines is 2. The summed E-state index contributed by atoms with van der Waals surface area (Å²) in [5, 5.41) is 13.6. The molecule has 1 aliphatic heterocycles. The van der Waals surface area contributed by atoms with E-state index in [2.05, 4.69) is 15.6 Å². The van der Waals surface area contributed by atoms with Gasteiger partial charge in [-0.15, -0.1) is 0 Å². The van der Waals surface area contributed by atoms with Crippen molar-refractivity contribution < 1.29 is 4.74 Å². The van der Waals surface area contributed by atoms with E-state index in [1.54, 1.807) is 19.2 Å². The number of methoxy groups -OCH3 is 1. The van der Waals surface area contributed by atoms with Crippen molar-refractivity contribution in [3.05, 3.63) is 29.1 Å². The van der Waals surface area contributed by atoms with Gasteiger partial charge >= 0.3 is 0 Å². The number of nitrogens with one attached hydrogen (secondary N) is 3. The van der Waals surface area contributed by atoms with Gasteiger partial charge in [0.1, 0.15) is 24.1 Å². The molecule has 2 rings (SSSR count). The molecular formula is C13H19N7O. The fourth-order valence-corrected chi connectivity index (χ4v) is 2.00. The fraction of sp³-hybridized carbons (Fsp3) is 0.231. The molecule has 8 nitrogen and oxygen atoms in total. The van der Waals surface area contributed by atoms with Crippen molar-refractivity contribution >= 4 is 23.4 Å². The zero-order valence-corrected chi connectivity index (χ0v) is 11.7. The first-order valence-electron chi connectivity index (χ1n) is 6.33. The summed E-state index contributed by atoms with van der Waals surface area (Å²) in [6.45, 7) is 0.617. The molecule has 21 heavy (non-hydrogen) atoms. The lowest BCUT2D eigenvalue weighted by molar-refractivity contribution is 0.417. The number of benzene rings is 1. The number of amidine groups is 1. The standard InChI is InChI=1S/C13H19N7O/c1-21-11-3-9(16)7(4-14)2-10(11)20-13-8(5-15)12(17)18-6-19-13/h2-4,14,19-20H,5-6,15-16H2,1H3,(H2,17,18). The molecule has 1 heterocycles. The van der Waals surface area contributed by atoms with Gasteiger partial charge in [0, 0.05) is 35.6 Å². The van der Waals surface area contributed by atoms with E-state index < -0.39 is 0 Å². The minimum atomic E-state index is 0.249. The maximum atomic E-state index is 7.38. The van der Waals surface area contributed by atoms with Crippen molar-refractivity contribution in [2.75, 3.05) is 31.4 Å². The monoisotopic (exact) mass is 289 g/mol. The second kappa shape index (κ2) is 6.14. The smallest absolute Gasteiger partial charge is 0.144 e. The van der Waals surface area contributed by atoms with Gasteiger partial charge < -0.3 is 38.0 Å². The van der Waals surface area contributed by atoms with Crippen LogP contribution in [0.1, 0.15) is 5.56 Å². The van der Waals surface area contributed by atoms with E-state index in [9.17, 15) is 0 Å². The van der Waals surface area contributed by atoms with Gasteiger partial charge in [-0.2, -0.15) is 0 Å². The van der Waals surface area contributed by atoms with Gasteiger partial charge in [0.15, 0.2) is 0 Å². The Labute approximate surface area is 122 Å². The summed E-state index contributed by atoms with van der Waals surface area (Å²) in [4.78, 5) is 4.08. The van der Waals surface area contributed by atoms with Crippen molar-refractivity contribution in [3.8, 4) is 5.75 Å². The molecule has 0 fully saturated rings. The summed E-state index contributed by atoms with van der Waals surface area (Å²) in [7, 11) is 1.55. The molecule has 1 aromatic rings. The third kappa shape index (κ3) is 2.90. The van der Waals surface area contributed by atoms with Crippen molar-refractivity contribution in [1.82, 2.24) is 5.32 Å². The van der Waals surface area contributed by atoms with Gasteiger partial charge in [0.2, 0.25) is 0 Å². The van der Waals surface area contributed by atoms with Gasteiger partial charge in [-0.05, 0) is 6.07 Å². The van der Waals surface area contributed by atoms with E-state index in [1.807, 2.05) is 0 Å². The first-order chi connectivity index (χ1) is 10.1. The van der Waals surface area contributed by atoms with E-state index in [0.717, 1.165) is 0 Å². The summed E-state index contributed by atoms with van der Waals surface area (Å²) in [6.07, 6.45) is 1.18. The Kier molecular flexibility index (Phi) is 4.29. The molecule has 0 aromatic heterocycles. The highest BCUT2D eigenvalue weighted by molar-refractivity contribution is 5.99. The lowest BCUT2D eigenvalue weighted by Gasteiger charge is -2.22. The lowest BCUT2D eigenvalue weighted by atomic mass is 10.1. The van der Waals surface area contributed by atoms with E-state index >= 15 is 0 Å². The predicted octanol–water partition coefficient (Wildman–Crippen LogP) is -0.225. The quantitative estimate of drug-likeness (QED) is 0.326. The first-order valence-corrected chi connectivity index (χ1v) is 6.33. The minimum Gasteiger partial charge on any atom is -0.494 e. The van der Waals surface area contributed by atoms with Gasteiger partial charge in [-0.3, -0.25) is 0 Å². The molecule has 1 aromatic carbocycles. The molecule has 9 N–H and O–H groups in total. The Morgan fingerprint density at radius 1 is 1.48 bits per heavy atom. The largest absolute Gasteiger partial charge is 0.494 e. The van der Waals surface area contributed by atoms with Crippen LogP contribution in [0.4, 0.5) is 11.4 Å². The summed E-state index contributed by atoms with van der Waals surface area (Å²) >= 11 is 0. The lowest BCUT2D eigenvalue weighted by Crippen LogP contribution is -2.35. The number of rotatable bonds is 5. The maximum absolute atomic E-state index is 7.38. The summed E-state index contributed by atoms with van der Waals surface area (Å²) in [5.41, 5.74) is 19.8. The van der Waals surface area contributed by atoms with Crippen molar-refractivity contribution in [2.45, 2.75) is 0 Å². The molecule has 0 saturated carbocycles. The molecule has 1 aliphatic rings. The number of hydrogen-bond donors (Lipinski definition) is 6. The molecule has 0 bridgehead atoms. The minimum absolute atomic E-state index is 0.249. The third-order valence-corrected chi connectivity index (χ3v) is 3.14. The van der Waals surface area contributed by atoms with Gasteiger partial charge in [0.05, 0.1) is 12.8 Å². The zero-order chi connectivity index (χ0) is 15.4. The average Bonchev–Trinajstić information content (AvgIpc) is 2.48. The van der Waals surface area contributed by atoms with Crippen LogP contribution in [0.15, 0.2) is 28.5 Å².